The summed E-state index contributed by atoms with van der Waals surface area (Å²) in [7, 11) is 1.64. The third kappa shape index (κ3) is 5.69. The van der Waals surface area contributed by atoms with Gasteiger partial charge in [0.05, 0.1) is 6.61 Å². The van der Waals surface area contributed by atoms with Gasteiger partial charge < -0.3 is 20.3 Å². The van der Waals surface area contributed by atoms with Gasteiger partial charge in [-0.25, -0.2) is 0 Å². The summed E-state index contributed by atoms with van der Waals surface area (Å²) in [5.41, 5.74) is 1.53. The lowest BCUT2D eigenvalue weighted by molar-refractivity contribution is 0.0773. The van der Waals surface area contributed by atoms with E-state index >= 15 is 0 Å². The third-order valence-electron chi connectivity index (χ3n) is 3.03. The Morgan fingerprint density at radius 3 is 2.38 bits per heavy atom. The second kappa shape index (κ2) is 9.31. The van der Waals surface area contributed by atoms with Gasteiger partial charge in [-0.3, -0.25) is 4.79 Å². The number of thiocarbonyl (C=S) groups is 1. The Labute approximate surface area is 131 Å². The molecule has 1 aromatic carbocycles. The average molecular weight is 309 g/mol. The number of amides is 1. The van der Waals surface area contributed by atoms with Gasteiger partial charge in [0.1, 0.15) is 0 Å². The standard InChI is InChI=1S/C15H23N3O2S/c1-4-18(5-2)14(19)12-6-8-13(9-7-12)17-15(21)16-10-11-20-3/h6-9H,4-5,10-11H2,1-3H3,(H2,16,17,21). The summed E-state index contributed by atoms with van der Waals surface area (Å²) in [4.78, 5) is 14.0. The van der Waals surface area contributed by atoms with Crippen LogP contribution in [0.15, 0.2) is 24.3 Å². The number of hydrogen-bond donors (Lipinski definition) is 2. The molecule has 0 aliphatic heterocycles. The normalized spacial score (nSPS) is 10.0. The zero-order chi connectivity index (χ0) is 15.7. The molecule has 0 atom stereocenters. The molecule has 0 saturated carbocycles. The Balaban J connectivity index is 2.57. The molecule has 0 aliphatic rings. The smallest absolute Gasteiger partial charge is 0.253 e. The van der Waals surface area contributed by atoms with Gasteiger partial charge in [0, 0.05) is 38.0 Å². The fourth-order valence-corrected chi connectivity index (χ4v) is 2.05. The fraction of sp³-hybridized carbons (Fsp3) is 0.467. The highest BCUT2D eigenvalue weighted by Crippen LogP contribution is 2.11. The highest BCUT2D eigenvalue weighted by Gasteiger charge is 2.11. The summed E-state index contributed by atoms with van der Waals surface area (Å²) < 4.78 is 4.94. The van der Waals surface area contributed by atoms with Crippen LogP contribution in [-0.2, 0) is 4.74 Å². The van der Waals surface area contributed by atoms with E-state index in [2.05, 4.69) is 10.6 Å². The first-order valence-corrected chi connectivity index (χ1v) is 7.46. The second-order valence-electron chi connectivity index (χ2n) is 4.43. The molecule has 0 saturated heterocycles. The van der Waals surface area contributed by atoms with Crippen LogP contribution in [0.4, 0.5) is 5.69 Å². The molecule has 2 N–H and O–H groups in total. The molecule has 0 heterocycles. The van der Waals surface area contributed by atoms with Crippen LogP contribution >= 0.6 is 12.2 Å². The van der Waals surface area contributed by atoms with Crippen LogP contribution in [-0.4, -0.2) is 49.3 Å². The molecule has 1 aromatic rings. The molecule has 0 radical (unpaired) electrons. The summed E-state index contributed by atoms with van der Waals surface area (Å²) >= 11 is 5.16. The van der Waals surface area contributed by atoms with E-state index in [0.717, 1.165) is 5.69 Å². The number of carbonyl (C=O) groups excluding carboxylic acids is 1. The number of nitrogens with zero attached hydrogens (tertiary/aromatic N) is 1. The average Bonchev–Trinajstić information content (AvgIpc) is 2.49. The number of benzene rings is 1. The highest BCUT2D eigenvalue weighted by atomic mass is 32.1. The maximum absolute atomic E-state index is 12.2. The Morgan fingerprint density at radius 1 is 1.24 bits per heavy atom. The zero-order valence-electron chi connectivity index (χ0n) is 12.8. The van der Waals surface area contributed by atoms with Crippen LogP contribution in [0.2, 0.25) is 0 Å². The van der Waals surface area contributed by atoms with Gasteiger partial charge in [-0.15, -0.1) is 0 Å². The summed E-state index contributed by atoms with van der Waals surface area (Å²) in [6, 6.07) is 7.31. The Kier molecular flexibility index (Phi) is 7.71. The van der Waals surface area contributed by atoms with Crippen LogP contribution in [0.5, 0.6) is 0 Å². The molecule has 1 rings (SSSR count). The molecule has 5 nitrogen and oxygen atoms in total. The molecule has 6 heteroatoms. The molecule has 116 valence electrons. The molecule has 1 amide bonds. The van der Waals surface area contributed by atoms with E-state index in [1.165, 1.54) is 0 Å². The molecule has 0 bridgehead atoms. The topological polar surface area (TPSA) is 53.6 Å². The van der Waals surface area contributed by atoms with Crippen molar-refractivity contribution in [3.63, 3.8) is 0 Å². The first-order valence-electron chi connectivity index (χ1n) is 7.05. The quantitative estimate of drug-likeness (QED) is 0.597. The number of rotatable bonds is 7. The van der Waals surface area contributed by atoms with Crippen molar-refractivity contribution in [2.75, 3.05) is 38.7 Å². The second-order valence-corrected chi connectivity index (χ2v) is 4.84. The van der Waals surface area contributed by atoms with Crippen LogP contribution in [0, 0.1) is 0 Å². The van der Waals surface area contributed by atoms with Crippen molar-refractivity contribution in [3.05, 3.63) is 29.8 Å². The van der Waals surface area contributed by atoms with Crippen molar-refractivity contribution in [3.8, 4) is 0 Å². The predicted molar refractivity (Wildman–Crippen MR) is 89.8 cm³/mol. The van der Waals surface area contributed by atoms with Gasteiger partial charge in [-0.1, -0.05) is 0 Å². The minimum atomic E-state index is 0.0485. The van der Waals surface area contributed by atoms with Gasteiger partial charge >= 0.3 is 0 Å². The highest BCUT2D eigenvalue weighted by molar-refractivity contribution is 7.80. The maximum atomic E-state index is 12.2. The number of anilines is 1. The van der Waals surface area contributed by atoms with Gasteiger partial charge in [0.15, 0.2) is 5.11 Å². The van der Waals surface area contributed by atoms with Gasteiger partial charge in [-0.05, 0) is 50.3 Å². The molecule has 0 fully saturated rings. The Bertz CT molecular complexity index is 458. The lowest BCUT2D eigenvalue weighted by atomic mass is 10.2. The number of ether oxygens (including phenoxy) is 1. The van der Waals surface area contributed by atoms with Crippen LogP contribution in [0.1, 0.15) is 24.2 Å². The molecule has 21 heavy (non-hydrogen) atoms. The number of hydrogen-bond acceptors (Lipinski definition) is 3. The van der Waals surface area contributed by atoms with E-state index in [1.807, 2.05) is 26.0 Å². The van der Waals surface area contributed by atoms with Crippen LogP contribution < -0.4 is 10.6 Å². The van der Waals surface area contributed by atoms with Crippen molar-refractivity contribution in [2.45, 2.75) is 13.8 Å². The van der Waals surface area contributed by atoms with Crippen molar-refractivity contribution in [1.29, 1.82) is 0 Å². The number of carbonyl (C=O) groups is 1. The van der Waals surface area contributed by atoms with E-state index in [-0.39, 0.29) is 5.91 Å². The van der Waals surface area contributed by atoms with Crippen molar-refractivity contribution >= 4 is 28.9 Å². The summed E-state index contributed by atoms with van der Waals surface area (Å²) in [5, 5.41) is 6.63. The third-order valence-corrected chi connectivity index (χ3v) is 3.28. The van der Waals surface area contributed by atoms with Crippen molar-refractivity contribution in [1.82, 2.24) is 10.2 Å². The van der Waals surface area contributed by atoms with E-state index in [0.29, 0.717) is 36.9 Å². The lowest BCUT2D eigenvalue weighted by Gasteiger charge is -2.18. The first kappa shape index (κ1) is 17.4. The SMILES string of the molecule is CCN(CC)C(=O)c1ccc(NC(=S)NCCOC)cc1. The zero-order valence-corrected chi connectivity index (χ0v) is 13.6. The Hall–Kier alpha value is -1.66. The van der Waals surface area contributed by atoms with Gasteiger partial charge in [0.25, 0.3) is 5.91 Å². The summed E-state index contributed by atoms with van der Waals surface area (Å²) in [6.45, 7) is 6.62. The largest absolute Gasteiger partial charge is 0.383 e. The lowest BCUT2D eigenvalue weighted by Crippen LogP contribution is -2.31. The first-order chi connectivity index (χ1) is 10.1. The minimum Gasteiger partial charge on any atom is -0.383 e. The molecule has 0 spiro atoms. The molecule has 0 aromatic heterocycles. The van der Waals surface area contributed by atoms with E-state index in [4.69, 9.17) is 17.0 Å². The van der Waals surface area contributed by atoms with Crippen LogP contribution in [0.3, 0.4) is 0 Å². The fourth-order valence-electron chi connectivity index (χ4n) is 1.83. The maximum Gasteiger partial charge on any atom is 0.253 e. The summed E-state index contributed by atoms with van der Waals surface area (Å²) in [6.07, 6.45) is 0. The summed E-state index contributed by atoms with van der Waals surface area (Å²) in [5.74, 6) is 0.0485. The Morgan fingerprint density at radius 2 is 1.86 bits per heavy atom. The predicted octanol–water partition coefficient (Wildman–Crippen LogP) is 2.10. The van der Waals surface area contributed by atoms with Gasteiger partial charge in [0.2, 0.25) is 0 Å². The van der Waals surface area contributed by atoms with Crippen LogP contribution in [0.25, 0.3) is 0 Å². The molecule has 0 unspecified atom stereocenters. The monoisotopic (exact) mass is 309 g/mol. The minimum absolute atomic E-state index is 0.0485. The molecular formula is C15H23N3O2S. The molecular weight excluding hydrogens is 286 g/mol. The van der Waals surface area contributed by atoms with E-state index in [9.17, 15) is 4.79 Å². The molecule has 0 aliphatic carbocycles. The van der Waals surface area contributed by atoms with E-state index < -0.39 is 0 Å². The van der Waals surface area contributed by atoms with Crippen molar-refractivity contribution in [2.24, 2.45) is 0 Å². The van der Waals surface area contributed by atoms with Crippen molar-refractivity contribution < 1.29 is 9.53 Å². The van der Waals surface area contributed by atoms with Gasteiger partial charge in [-0.2, -0.15) is 0 Å². The van der Waals surface area contributed by atoms with E-state index in [1.54, 1.807) is 24.1 Å². The number of methoxy groups -OCH3 is 1. The number of nitrogens with one attached hydrogen (secondary N) is 2.